The Labute approximate surface area is 204 Å². The average molecular weight is 476 g/mol. The summed E-state index contributed by atoms with van der Waals surface area (Å²) in [6, 6.07) is 7.26. The lowest BCUT2D eigenvalue weighted by Crippen LogP contribution is -2.54. The van der Waals surface area contributed by atoms with Crippen molar-refractivity contribution in [1.29, 1.82) is 0 Å². The molecule has 1 saturated heterocycles. The second kappa shape index (κ2) is 8.94. The average Bonchev–Trinajstić information content (AvgIpc) is 2.85. The van der Waals surface area contributed by atoms with E-state index in [0.717, 1.165) is 16.8 Å². The Hall–Kier alpha value is -4.08. The maximum absolute atomic E-state index is 13.4. The molecule has 3 aromatic rings. The van der Waals surface area contributed by atoms with Gasteiger partial charge in [0.05, 0.1) is 23.4 Å². The fraction of sp³-hybridized carbons (Fsp3) is 0.360. The van der Waals surface area contributed by atoms with Crippen LogP contribution in [0.5, 0.6) is 0 Å². The van der Waals surface area contributed by atoms with Crippen molar-refractivity contribution in [3.8, 4) is 11.3 Å². The molecule has 1 fully saturated rings. The van der Waals surface area contributed by atoms with Crippen LogP contribution in [-0.2, 0) is 16.1 Å². The highest BCUT2D eigenvalue weighted by Crippen LogP contribution is 2.37. The lowest BCUT2D eigenvalue weighted by molar-refractivity contribution is -0.129. The molecule has 3 aromatic heterocycles. The van der Waals surface area contributed by atoms with Crippen LogP contribution >= 0.6 is 0 Å². The van der Waals surface area contributed by atoms with Crippen LogP contribution in [0, 0.1) is 0 Å². The minimum Gasteiger partial charge on any atom is -0.343 e. The van der Waals surface area contributed by atoms with Crippen molar-refractivity contribution in [2.75, 3.05) is 30.4 Å². The van der Waals surface area contributed by atoms with Crippen molar-refractivity contribution in [1.82, 2.24) is 24.8 Å². The van der Waals surface area contributed by atoms with E-state index in [-0.39, 0.29) is 25.3 Å². The van der Waals surface area contributed by atoms with Gasteiger partial charge in [-0.3, -0.25) is 19.5 Å². The molecule has 35 heavy (non-hydrogen) atoms. The predicted molar refractivity (Wildman–Crippen MR) is 134 cm³/mol. The van der Waals surface area contributed by atoms with Gasteiger partial charge in [-0.25, -0.2) is 14.8 Å². The van der Waals surface area contributed by atoms with Gasteiger partial charge in [-0.1, -0.05) is 0 Å². The highest BCUT2D eigenvalue weighted by molar-refractivity contribution is 6.04. The smallest absolute Gasteiger partial charge is 0.324 e. The summed E-state index contributed by atoms with van der Waals surface area (Å²) >= 11 is 0. The second-order valence-corrected chi connectivity index (χ2v) is 9.06. The van der Waals surface area contributed by atoms with Gasteiger partial charge in [-0.2, -0.15) is 0 Å². The number of anilines is 2. The summed E-state index contributed by atoms with van der Waals surface area (Å²) in [5.41, 5.74) is 4.60. The quantitative estimate of drug-likeness (QED) is 0.622. The molecule has 0 spiro atoms. The van der Waals surface area contributed by atoms with Crippen molar-refractivity contribution in [3.05, 3.63) is 42.2 Å². The van der Waals surface area contributed by atoms with E-state index in [4.69, 9.17) is 4.98 Å². The Bertz CT molecular complexity index is 1320. The lowest BCUT2D eigenvalue weighted by atomic mass is 9.99. The van der Waals surface area contributed by atoms with Crippen molar-refractivity contribution in [2.24, 2.45) is 0 Å². The number of hydrogen-bond donors (Lipinski definition) is 1. The van der Waals surface area contributed by atoms with Crippen LogP contribution in [0.1, 0.15) is 33.7 Å². The number of piperidine rings is 1. The van der Waals surface area contributed by atoms with E-state index in [9.17, 15) is 14.4 Å². The van der Waals surface area contributed by atoms with Gasteiger partial charge in [-0.05, 0) is 37.1 Å². The maximum Gasteiger partial charge on any atom is 0.324 e. The van der Waals surface area contributed by atoms with Gasteiger partial charge in [0.1, 0.15) is 11.3 Å². The van der Waals surface area contributed by atoms with Gasteiger partial charge >= 0.3 is 6.03 Å². The van der Waals surface area contributed by atoms with Crippen LogP contribution in [-0.4, -0.2) is 68.8 Å². The molecule has 0 aromatic carbocycles. The first-order valence-corrected chi connectivity index (χ1v) is 11.6. The summed E-state index contributed by atoms with van der Waals surface area (Å²) in [6.07, 6.45) is 4.90. The fourth-order valence-electron chi connectivity index (χ4n) is 4.82. The summed E-state index contributed by atoms with van der Waals surface area (Å²) in [5, 5.41) is 2.66. The molecule has 10 heteroatoms. The maximum atomic E-state index is 13.4. The molecule has 0 saturated carbocycles. The first-order chi connectivity index (χ1) is 16.8. The van der Waals surface area contributed by atoms with Crippen LogP contribution in [0.3, 0.4) is 0 Å². The van der Waals surface area contributed by atoms with Crippen molar-refractivity contribution in [3.63, 3.8) is 0 Å². The summed E-state index contributed by atoms with van der Waals surface area (Å²) in [6.45, 7) is 4.72. The molecule has 0 atom stereocenters. The summed E-state index contributed by atoms with van der Waals surface area (Å²) in [5.74, 6) is 0.346. The second-order valence-electron chi connectivity index (χ2n) is 9.06. The van der Waals surface area contributed by atoms with Crippen LogP contribution in [0.4, 0.5) is 16.3 Å². The molecule has 0 bridgehead atoms. The standard InChI is InChI=1S/C25H27N7O3.H2/c1-15(33)28-22-7-4-17(12-27-22)20-5-6-21-23(29-20)24-18(13-26-21)14-30(3)25(35)32(24)19-8-10-31(11-9-19)16(2)34;/h4-7,12-13,19H,8-11,14H2,1-3H3,(H,27,28,33);1H. The monoisotopic (exact) mass is 475 g/mol. The Morgan fingerprint density at radius 2 is 1.83 bits per heavy atom. The SMILES string of the molecule is CC(=O)Nc1ccc(-c2ccc3ncc4c(c3n2)N(C2CCN(C(C)=O)CC2)C(=O)N(C)C4)cn1.[HH]. The molecule has 5 rings (SSSR count). The number of nitrogens with one attached hydrogen (secondary N) is 1. The number of carbonyl (C=O) groups is 3. The Morgan fingerprint density at radius 3 is 2.49 bits per heavy atom. The number of fused-ring (bicyclic) bond motifs is 3. The van der Waals surface area contributed by atoms with E-state index in [0.29, 0.717) is 55.0 Å². The number of urea groups is 1. The largest absolute Gasteiger partial charge is 0.343 e. The van der Waals surface area contributed by atoms with E-state index < -0.39 is 0 Å². The zero-order valence-electron chi connectivity index (χ0n) is 20.0. The van der Waals surface area contributed by atoms with Crippen LogP contribution in [0.15, 0.2) is 36.7 Å². The number of nitrogens with zero attached hydrogens (tertiary/aromatic N) is 6. The minimum absolute atomic E-state index is 0. The van der Waals surface area contributed by atoms with Gasteiger partial charge in [0.2, 0.25) is 11.8 Å². The number of amides is 4. The number of aromatic nitrogens is 3. The molecule has 2 aliphatic rings. The fourth-order valence-corrected chi connectivity index (χ4v) is 4.82. The number of carbonyl (C=O) groups excluding carboxylic acids is 3. The topological polar surface area (TPSA) is 112 Å². The van der Waals surface area contributed by atoms with Crippen molar-refractivity contribution in [2.45, 2.75) is 39.3 Å². The lowest BCUT2D eigenvalue weighted by Gasteiger charge is -2.43. The number of pyridine rings is 3. The van der Waals surface area contributed by atoms with Gasteiger partial charge in [-0.15, -0.1) is 0 Å². The molecule has 0 unspecified atom stereocenters. The third kappa shape index (κ3) is 4.27. The molecule has 5 heterocycles. The van der Waals surface area contributed by atoms with E-state index in [1.165, 1.54) is 6.92 Å². The third-order valence-electron chi connectivity index (χ3n) is 6.58. The number of rotatable bonds is 3. The molecule has 4 amide bonds. The molecule has 182 valence electrons. The normalized spacial score (nSPS) is 16.4. The van der Waals surface area contributed by atoms with E-state index in [1.54, 1.807) is 31.1 Å². The molecule has 10 nitrogen and oxygen atoms in total. The molecular formula is C25H29N7O3. The van der Waals surface area contributed by atoms with Gasteiger partial charge in [0.15, 0.2) is 0 Å². The summed E-state index contributed by atoms with van der Waals surface area (Å²) < 4.78 is 0. The van der Waals surface area contributed by atoms with E-state index in [1.807, 2.05) is 34.2 Å². The summed E-state index contributed by atoms with van der Waals surface area (Å²) in [4.78, 5) is 55.7. The van der Waals surface area contributed by atoms with Crippen LogP contribution < -0.4 is 10.2 Å². The Kier molecular flexibility index (Phi) is 5.80. The summed E-state index contributed by atoms with van der Waals surface area (Å²) in [7, 11) is 1.79. The highest BCUT2D eigenvalue weighted by atomic mass is 16.2. The molecule has 2 aliphatic heterocycles. The zero-order valence-corrected chi connectivity index (χ0v) is 20.0. The number of hydrogen-bond acceptors (Lipinski definition) is 6. The van der Waals surface area contributed by atoms with Crippen molar-refractivity contribution < 1.29 is 15.8 Å². The van der Waals surface area contributed by atoms with Gasteiger partial charge < -0.3 is 15.1 Å². The molecule has 0 radical (unpaired) electrons. The first-order valence-electron chi connectivity index (χ1n) is 11.6. The Morgan fingerprint density at radius 1 is 1.06 bits per heavy atom. The van der Waals surface area contributed by atoms with Gasteiger partial charge in [0.25, 0.3) is 0 Å². The molecule has 0 aliphatic carbocycles. The van der Waals surface area contributed by atoms with Crippen molar-refractivity contribution >= 4 is 40.4 Å². The van der Waals surface area contributed by atoms with Gasteiger partial charge in [0, 0.05) is 65.0 Å². The first kappa shape index (κ1) is 22.7. The van der Waals surface area contributed by atoms with E-state index >= 15 is 0 Å². The Balaban J connectivity index is 0.00000304. The predicted octanol–water partition coefficient (Wildman–Crippen LogP) is 3.28. The third-order valence-corrected chi connectivity index (χ3v) is 6.58. The van der Waals surface area contributed by atoms with Crippen LogP contribution in [0.25, 0.3) is 22.3 Å². The van der Waals surface area contributed by atoms with Crippen LogP contribution in [0.2, 0.25) is 0 Å². The number of likely N-dealkylation sites (tertiary alicyclic amines) is 1. The molecular weight excluding hydrogens is 446 g/mol. The minimum atomic E-state index is -0.185. The zero-order chi connectivity index (χ0) is 24.7. The molecule has 1 N–H and O–H groups in total. The van der Waals surface area contributed by atoms with E-state index in [2.05, 4.69) is 15.3 Å². The highest BCUT2D eigenvalue weighted by Gasteiger charge is 2.37.